The molecule has 20 heavy (non-hydrogen) atoms. The number of rotatable bonds is 3. The van der Waals surface area contributed by atoms with Gasteiger partial charge in [0, 0.05) is 6.54 Å². The fourth-order valence-electron chi connectivity index (χ4n) is 2.31. The molecule has 1 saturated heterocycles. The summed E-state index contributed by atoms with van der Waals surface area (Å²) in [7, 11) is 1.24. The van der Waals surface area contributed by atoms with Crippen LogP contribution in [0.4, 0.5) is 0 Å². The van der Waals surface area contributed by atoms with Crippen LogP contribution in [0.3, 0.4) is 0 Å². The highest BCUT2D eigenvalue weighted by atomic mass is 16.5. The second-order valence-electron chi connectivity index (χ2n) is 4.92. The molecule has 0 saturated carbocycles. The average molecular weight is 275 g/mol. The van der Waals surface area contributed by atoms with Crippen molar-refractivity contribution in [1.29, 1.82) is 0 Å². The van der Waals surface area contributed by atoms with Crippen molar-refractivity contribution in [1.82, 2.24) is 4.90 Å². The number of amides is 1. The van der Waals surface area contributed by atoms with Crippen molar-refractivity contribution in [3.05, 3.63) is 35.4 Å². The molecular weight excluding hydrogens is 258 g/mol. The standard InChI is InChI=1S/C15H17NO4/c1-10-5-3-4-6-11(10)7-14(18)16-8-12(13(17)9-16)15(19)20-2/h3-6,12H,7-9H2,1-2H3. The Morgan fingerprint density at radius 1 is 1.35 bits per heavy atom. The predicted octanol–water partition coefficient (Wildman–Crippen LogP) is 0.738. The smallest absolute Gasteiger partial charge is 0.318 e. The highest BCUT2D eigenvalue weighted by Gasteiger charge is 2.38. The first-order valence-electron chi connectivity index (χ1n) is 6.45. The third kappa shape index (κ3) is 2.87. The summed E-state index contributed by atoms with van der Waals surface area (Å²) in [4.78, 5) is 36.8. The maximum atomic E-state index is 12.2. The number of aryl methyl sites for hydroxylation is 1. The third-order valence-electron chi connectivity index (χ3n) is 3.58. The molecule has 5 heteroatoms. The van der Waals surface area contributed by atoms with Crippen molar-refractivity contribution >= 4 is 17.7 Å². The molecule has 5 nitrogen and oxygen atoms in total. The van der Waals surface area contributed by atoms with E-state index in [1.54, 1.807) is 0 Å². The zero-order valence-corrected chi connectivity index (χ0v) is 11.6. The van der Waals surface area contributed by atoms with Crippen molar-refractivity contribution < 1.29 is 19.1 Å². The first kappa shape index (κ1) is 14.2. The van der Waals surface area contributed by atoms with Gasteiger partial charge in [-0.25, -0.2) is 0 Å². The Hall–Kier alpha value is -2.17. The van der Waals surface area contributed by atoms with Gasteiger partial charge in [0.1, 0.15) is 5.92 Å². The number of Topliss-reactive ketones (excluding diaryl/α,β-unsaturated/α-hetero) is 1. The molecule has 1 aliphatic heterocycles. The van der Waals surface area contributed by atoms with Crippen molar-refractivity contribution in [2.45, 2.75) is 13.3 Å². The summed E-state index contributed by atoms with van der Waals surface area (Å²) in [6.07, 6.45) is 0.244. The molecule has 1 unspecified atom stereocenters. The van der Waals surface area contributed by atoms with Crippen LogP contribution in [-0.4, -0.2) is 42.8 Å². The topological polar surface area (TPSA) is 63.7 Å². The first-order valence-corrected chi connectivity index (χ1v) is 6.45. The maximum Gasteiger partial charge on any atom is 0.318 e. The van der Waals surface area contributed by atoms with Crippen LogP contribution < -0.4 is 0 Å². The van der Waals surface area contributed by atoms with Gasteiger partial charge in [0.2, 0.25) is 5.91 Å². The van der Waals surface area contributed by atoms with Crippen molar-refractivity contribution in [3.63, 3.8) is 0 Å². The van der Waals surface area contributed by atoms with E-state index in [0.717, 1.165) is 11.1 Å². The molecule has 1 atom stereocenters. The molecule has 1 aliphatic rings. The van der Waals surface area contributed by atoms with Crippen LogP contribution in [0.2, 0.25) is 0 Å². The minimum atomic E-state index is -0.833. The summed E-state index contributed by atoms with van der Waals surface area (Å²) >= 11 is 0. The summed E-state index contributed by atoms with van der Waals surface area (Å²) in [5.41, 5.74) is 1.97. The predicted molar refractivity (Wildman–Crippen MR) is 72.0 cm³/mol. The maximum absolute atomic E-state index is 12.2. The highest BCUT2D eigenvalue weighted by molar-refractivity contribution is 6.04. The van der Waals surface area contributed by atoms with Gasteiger partial charge >= 0.3 is 5.97 Å². The zero-order chi connectivity index (χ0) is 14.7. The van der Waals surface area contributed by atoms with E-state index in [9.17, 15) is 14.4 Å². The average Bonchev–Trinajstić information content (AvgIpc) is 2.82. The van der Waals surface area contributed by atoms with E-state index in [1.165, 1.54) is 12.0 Å². The van der Waals surface area contributed by atoms with Gasteiger partial charge in [0.25, 0.3) is 0 Å². The molecule has 1 amide bonds. The molecule has 0 spiro atoms. The Morgan fingerprint density at radius 3 is 2.70 bits per heavy atom. The molecule has 0 aromatic heterocycles. The molecule has 0 aliphatic carbocycles. The lowest BCUT2D eigenvalue weighted by molar-refractivity contribution is -0.147. The minimum absolute atomic E-state index is 0.00944. The minimum Gasteiger partial charge on any atom is -0.468 e. The van der Waals surface area contributed by atoms with Gasteiger partial charge in [-0.15, -0.1) is 0 Å². The molecule has 1 aromatic rings. The van der Waals surface area contributed by atoms with E-state index >= 15 is 0 Å². The molecular formula is C15H17NO4. The number of carbonyl (C=O) groups is 3. The molecule has 106 valence electrons. The van der Waals surface area contributed by atoms with Gasteiger partial charge in [-0.05, 0) is 18.1 Å². The lowest BCUT2D eigenvalue weighted by Crippen LogP contribution is -2.31. The number of ether oxygens (including phenoxy) is 1. The SMILES string of the molecule is COC(=O)C1CN(C(=O)Cc2ccccc2C)CC1=O. The molecule has 1 heterocycles. The monoisotopic (exact) mass is 275 g/mol. The van der Waals surface area contributed by atoms with Crippen LogP contribution in [0.1, 0.15) is 11.1 Å². The quantitative estimate of drug-likeness (QED) is 0.603. The van der Waals surface area contributed by atoms with Gasteiger partial charge in [-0.1, -0.05) is 24.3 Å². The van der Waals surface area contributed by atoms with E-state index in [2.05, 4.69) is 4.74 Å². The normalized spacial score (nSPS) is 18.2. The van der Waals surface area contributed by atoms with Gasteiger partial charge < -0.3 is 9.64 Å². The summed E-state index contributed by atoms with van der Waals surface area (Å²) < 4.78 is 4.57. The Kier molecular flexibility index (Phi) is 4.17. The summed E-state index contributed by atoms with van der Waals surface area (Å²) in [5.74, 6) is -1.80. The third-order valence-corrected chi connectivity index (χ3v) is 3.58. The van der Waals surface area contributed by atoms with Gasteiger partial charge in [0.05, 0.1) is 20.1 Å². The van der Waals surface area contributed by atoms with Crippen LogP contribution in [0.25, 0.3) is 0 Å². The first-order chi connectivity index (χ1) is 9.52. The number of nitrogens with zero attached hydrogens (tertiary/aromatic N) is 1. The highest BCUT2D eigenvalue weighted by Crippen LogP contribution is 2.17. The number of esters is 1. The van der Waals surface area contributed by atoms with Crippen molar-refractivity contribution in [3.8, 4) is 0 Å². The molecule has 0 radical (unpaired) electrons. The lowest BCUT2D eigenvalue weighted by atomic mass is 10.1. The van der Waals surface area contributed by atoms with Gasteiger partial charge in [-0.2, -0.15) is 0 Å². The van der Waals surface area contributed by atoms with Crippen LogP contribution in [0, 0.1) is 12.8 Å². The number of likely N-dealkylation sites (tertiary alicyclic amines) is 1. The number of hydrogen-bond donors (Lipinski definition) is 0. The number of carbonyl (C=O) groups excluding carboxylic acids is 3. The molecule has 0 bridgehead atoms. The fourth-order valence-corrected chi connectivity index (χ4v) is 2.31. The number of ketones is 1. The second kappa shape index (κ2) is 5.86. The Labute approximate surface area is 117 Å². The number of benzene rings is 1. The number of methoxy groups -OCH3 is 1. The summed E-state index contributed by atoms with van der Waals surface area (Å²) in [5, 5.41) is 0. The van der Waals surface area contributed by atoms with Crippen molar-refractivity contribution in [2.24, 2.45) is 5.92 Å². The van der Waals surface area contributed by atoms with Crippen LogP contribution in [-0.2, 0) is 25.5 Å². The molecule has 1 fully saturated rings. The summed E-state index contributed by atoms with van der Waals surface area (Å²) in [6, 6.07) is 7.62. The largest absolute Gasteiger partial charge is 0.468 e. The van der Waals surface area contributed by atoms with E-state index in [4.69, 9.17) is 0 Å². The Balaban J connectivity index is 2.03. The summed E-state index contributed by atoms with van der Waals surface area (Å²) in [6.45, 7) is 2.05. The van der Waals surface area contributed by atoms with Crippen LogP contribution >= 0.6 is 0 Å². The van der Waals surface area contributed by atoms with E-state index < -0.39 is 11.9 Å². The van der Waals surface area contributed by atoms with Gasteiger partial charge in [-0.3, -0.25) is 14.4 Å². The molecule has 0 N–H and O–H groups in total. The van der Waals surface area contributed by atoms with Crippen molar-refractivity contribution in [2.75, 3.05) is 20.2 Å². The number of hydrogen-bond acceptors (Lipinski definition) is 4. The Morgan fingerprint density at radius 2 is 2.05 bits per heavy atom. The van der Waals surface area contributed by atoms with Crippen LogP contribution in [0.5, 0.6) is 0 Å². The Bertz CT molecular complexity index is 553. The van der Waals surface area contributed by atoms with Gasteiger partial charge in [0.15, 0.2) is 5.78 Å². The lowest BCUT2D eigenvalue weighted by Gasteiger charge is -2.15. The second-order valence-corrected chi connectivity index (χ2v) is 4.92. The molecule has 2 rings (SSSR count). The van der Waals surface area contributed by atoms with E-state index in [0.29, 0.717) is 0 Å². The van der Waals surface area contributed by atoms with E-state index in [1.807, 2.05) is 31.2 Å². The zero-order valence-electron chi connectivity index (χ0n) is 11.6. The fraction of sp³-hybridized carbons (Fsp3) is 0.400. The molecule has 1 aromatic carbocycles. The van der Waals surface area contributed by atoms with E-state index in [-0.39, 0.29) is 31.2 Å². The van der Waals surface area contributed by atoms with Crippen LogP contribution in [0.15, 0.2) is 24.3 Å².